The van der Waals surface area contributed by atoms with Crippen LogP contribution in [0.3, 0.4) is 0 Å². The molecule has 2 rings (SSSR count). The maximum absolute atomic E-state index is 5.83. The second kappa shape index (κ2) is 2.99. The van der Waals surface area contributed by atoms with Crippen molar-refractivity contribution in [2.24, 2.45) is 0 Å². The van der Waals surface area contributed by atoms with Crippen LogP contribution in [0, 0.1) is 0 Å². The zero-order valence-corrected chi connectivity index (χ0v) is 8.30. The van der Waals surface area contributed by atoms with Crippen LogP contribution in [0.5, 0.6) is 0 Å². The van der Waals surface area contributed by atoms with Gasteiger partial charge in [-0.1, -0.05) is 11.6 Å². The molecule has 0 amide bonds. The Bertz CT molecular complexity index is 430. The molecule has 0 spiro atoms. The second-order valence-corrected chi connectivity index (χ2v) is 3.48. The van der Waals surface area contributed by atoms with Gasteiger partial charge >= 0.3 is 0 Å². The van der Waals surface area contributed by atoms with Gasteiger partial charge in [0.05, 0.1) is 0 Å². The molecule has 0 aromatic carbocycles. The summed E-state index contributed by atoms with van der Waals surface area (Å²) < 4.78 is 0.768. The Morgan fingerprint density at radius 1 is 1.25 bits per heavy atom. The van der Waals surface area contributed by atoms with Crippen molar-refractivity contribution in [2.45, 2.75) is 0 Å². The molecule has 0 saturated heterocycles. The Balaban J connectivity index is 2.88. The molecule has 4 heteroatoms. The Morgan fingerprint density at radius 3 is 2.92 bits per heavy atom. The van der Waals surface area contributed by atoms with Crippen LogP contribution in [0.2, 0.25) is 5.15 Å². The lowest BCUT2D eigenvalue weighted by atomic mass is 10.3. The van der Waals surface area contributed by atoms with Gasteiger partial charge in [-0.3, -0.25) is 0 Å². The summed E-state index contributed by atoms with van der Waals surface area (Å²) in [5.41, 5.74) is 0.730. The minimum atomic E-state index is 0.439. The fourth-order valence-electron chi connectivity index (χ4n) is 0.990. The van der Waals surface area contributed by atoms with Crippen molar-refractivity contribution in [2.75, 3.05) is 0 Å². The molecule has 0 aliphatic carbocycles. The predicted octanol–water partition coefficient (Wildman–Crippen LogP) is 3.05. The number of nitrogens with zero attached hydrogens (tertiary/aromatic N) is 2. The maximum Gasteiger partial charge on any atom is 0.155 e. The lowest BCUT2D eigenvalue weighted by Crippen LogP contribution is -1.83. The molecule has 0 fully saturated rings. The molecule has 2 heterocycles. The van der Waals surface area contributed by atoms with Crippen LogP contribution < -0.4 is 0 Å². The number of rotatable bonds is 0. The van der Waals surface area contributed by atoms with Gasteiger partial charge in [0.25, 0.3) is 0 Å². The highest BCUT2D eigenvalue weighted by molar-refractivity contribution is 9.10. The van der Waals surface area contributed by atoms with Crippen molar-refractivity contribution in [3.05, 3.63) is 34.2 Å². The summed E-state index contributed by atoms with van der Waals surface area (Å²) in [5.74, 6) is 0. The van der Waals surface area contributed by atoms with Gasteiger partial charge in [-0.2, -0.15) is 0 Å². The zero-order chi connectivity index (χ0) is 8.55. The highest BCUT2D eigenvalue weighted by atomic mass is 79.9. The van der Waals surface area contributed by atoms with Gasteiger partial charge in [0.15, 0.2) is 5.15 Å². The van der Waals surface area contributed by atoms with Crippen molar-refractivity contribution in [1.82, 2.24) is 9.97 Å². The molecular weight excluding hydrogens is 239 g/mol. The molecule has 0 aliphatic heterocycles. The summed E-state index contributed by atoms with van der Waals surface area (Å²) in [4.78, 5) is 8.13. The summed E-state index contributed by atoms with van der Waals surface area (Å²) in [6.07, 6.45) is 1.67. The van der Waals surface area contributed by atoms with Gasteiger partial charge in [-0.05, 0) is 34.1 Å². The van der Waals surface area contributed by atoms with Crippen LogP contribution in [-0.2, 0) is 0 Å². The van der Waals surface area contributed by atoms with Gasteiger partial charge in [-0.15, -0.1) is 0 Å². The van der Waals surface area contributed by atoms with Crippen molar-refractivity contribution < 1.29 is 0 Å². The molecular formula is C8H4BrClN2. The number of aromatic nitrogens is 2. The third kappa shape index (κ3) is 1.30. The van der Waals surface area contributed by atoms with Gasteiger partial charge in [0.2, 0.25) is 0 Å². The molecule has 0 bridgehead atoms. The van der Waals surface area contributed by atoms with E-state index in [0.29, 0.717) is 5.15 Å². The van der Waals surface area contributed by atoms with E-state index in [1.165, 1.54) is 0 Å². The SMILES string of the molecule is Clc1nccc2ccc(Br)nc12. The molecule has 0 unspecified atom stereocenters. The molecule has 0 atom stereocenters. The normalized spacial score (nSPS) is 10.5. The lowest BCUT2D eigenvalue weighted by Gasteiger charge is -1.97. The van der Waals surface area contributed by atoms with Crippen molar-refractivity contribution in [1.29, 1.82) is 0 Å². The first-order chi connectivity index (χ1) is 5.77. The summed E-state index contributed by atoms with van der Waals surface area (Å²) in [7, 11) is 0. The first-order valence-corrected chi connectivity index (χ1v) is 4.51. The second-order valence-electron chi connectivity index (χ2n) is 2.31. The first-order valence-electron chi connectivity index (χ1n) is 3.34. The molecule has 0 radical (unpaired) electrons. The van der Waals surface area contributed by atoms with Gasteiger partial charge in [0, 0.05) is 11.6 Å². The molecule has 0 N–H and O–H groups in total. The number of fused-ring (bicyclic) bond motifs is 1. The van der Waals surface area contributed by atoms with Crippen LogP contribution in [-0.4, -0.2) is 9.97 Å². The minimum Gasteiger partial charge on any atom is -0.242 e. The molecule has 0 aliphatic rings. The predicted molar refractivity (Wildman–Crippen MR) is 52.2 cm³/mol. The van der Waals surface area contributed by atoms with Gasteiger partial charge < -0.3 is 0 Å². The van der Waals surface area contributed by atoms with E-state index >= 15 is 0 Å². The highest BCUT2D eigenvalue weighted by Crippen LogP contribution is 2.20. The van der Waals surface area contributed by atoms with Gasteiger partial charge in [0.1, 0.15) is 10.1 Å². The standard InChI is InChI=1S/C8H4BrClN2/c9-6-2-1-5-3-4-11-8(10)7(5)12-6/h1-4H. The fraction of sp³-hybridized carbons (Fsp3) is 0. The van der Waals surface area contributed by atoms with E-state index in [2.05, 4.69) is 25.9 Å². The average molecular weight is 243 g/mol. The molecule has 60 valence electrons. The number of halogens is 2. The summed E-state index contributed by atoms with van der Waals surface area (Å²) in [6, 6.07) is 5.69. The molecule has 12 heavy (non-hydrogen) atoms. The van der Waals surface area contributed by atoms with E-state index in [-0.39, 0.29) is 0 Å². The van der Waals surface area contributed by atoms with Crippen LogP contribution in [0.1, 0.15) is 0 Å². The monoisotopic (exact) mass is 242 g/mol. The molecule has 2 nitrogen and oxygen atoms in total. The Labute approximate surface area is 82.7 Å². The molecule has 2 aromatic heterocycles. The third-order valence-electron chi connectivity index (χ3n) is 1.53. The van der Waals surface area contributed by atoms with E-state index in [4.69, 9.17) is 11.6 Å². The van der Waals surface area contributed by atoms with Crippen molar-refractivity contribution in [3.63, 3.8) is 0 Å². The van der Waals surface area contributed by atoms with E-state index in [1.807, 2.05) is 18.2 Å². The molecule has 0 saturated carbocycles. The van der Waals surface area contributed by atoms with E-state index in [1.54, 1.807) is 6.20 Å². The number of hydrogen-bond donors (Lipinski definition) is 0. The van der Waals surface area contributed by atoms with Crippen LogP contribution in [0.25, 0.3) is 10.9 Å². The van der Waals surface area contributed by atoms with E-state index in [0.717, 1.165) is 15.5 Å². The smallest absolute Gasteiger partial charge is 0.155 e. The van der Waals surface area contributed by atoms with Crippen LogP contribution in [0.15, 0.2) is 29.0 Å². The summed E-state index contributed by atoms with van der Waals surface area (Å²) in [6.45, 7) is 0. The van der Waals surface area contributed by atoms with Crippen molar-refractivity contribution in [3.8, 4) is 0 Å². The van der Waals surface area contributed by atoms with E-state index in [9.17, 15) is 0 Å². The third-order valence-corrected chi connectivity index (χ3v) is 2.25. The van der Waals surface area contributed by atoms with Crippen LogP contribution in [0.4, 0.5) is 0 Å². The summed E-state index contributed by atoms with van der Waals surface area (Å²) in [5, 5.41) is 1.44. The Morgan fingerprint density at radius 2 is 2.08 bits per heavy atom. The van der Waals surface area contributed by atoms with Gasteiger partial charge in [-0.25, -0.2) is 9.97 Å². The topological polar surface area (TPSA) is 25.8 Å². The lowest BCUT2D eigenvalue weighted by molar-refractivity contribution is 1.29. The Hall–Kier alpha value is -0.670. The highest BCUT2D eigenvalue weighted by Gasteiger charge is 2.00. The maximum atomic E-state index is 5.83. The summed E-state index contributed by atoms with van der Waals surface area (Å²) >= 11 is 9.10. The molecule has 2 aromatic rings. The average Bonchev–Trinajstić information content (AvgIpc) is 2.07. The quantitative estimate of drug-likeness (QED) is 0.665. The van der Waals surface area contributed by atoms with Crippen LogP contribution >= 0.6 is 27.5 Å². The fourth-order valence-corrected chi connectivity index (χ4v) is 1.51. The number of hydrogen-bond acceptors (Lipinski definition) is 2. The van der Waals surface area contributed by atoms with E-state index < -0.39 is 0 Å². The minimum absolute atomic E-state index is 0.439. The Kier molecular flexibility index (Phi) is 1.98. The van der Waals surface area contributed by atoms with Crippen molar-refractivity contribution >= 4 is 38.4 Å². The largest absolute Gasteiger partial charge is 0.242 e. The number of pyridine rings is 2. The first kappa shape index (κ1) is 7.95. The zero-order valence-electron chi connectivity index (χ0n) is 5.96.